The molecule has 0 radical (unpaired) electrons. The number of hydrogen-bond acceptors (Lipinski definition) is 3. The first-order valence-electron chi connectivity index (χ1n) is 7.20. The van der Waals surface area contributed by atoms with Crippen molar-refractivity contribution in [1.82, 2.24) is 10.6 Å². The molecular formula is C15H20N4O3. The third-order valence-electron chi connectivity index (χ3n) is 3.85. The molecule has 0 fully saturated rings. The van der Waals surface area contributed by atoms with Crippen LogP contribution >= 0.6 is 0 Å². The van der Waals surface area contributed by atoms with E-state index in [0.29, 0.717) is 6.54 Å². The summed E-state index contributed by atoms with van der Waals surface area (Å²) in [6.07, 6.45) is 3.09. The molecule has 0 aliphatic heterocycles. The Morgan fingerprint density at radius 3 is 2.55 bits per heavy atom. The monoisotopic (exact) mass is 304 g/mol. The summed E-state index contributed by atoms with van der Waals surface area (Å²) in [7, 11) is 0. The maximum Gasteiger partial charge on any atom is 0.315 e. The first-order valence-corrected chi connectivity index (χ1v) is 7.20. The zero-order chi connectivity index (χ0) is 16.1. The minimum Gasteiger partial charge on any atom is -0.367 e. The summed E-state index contributed by atoms with van der Waals surface area (Å²) in [5.41, 5.74) is 12.5. The summed E-state index contributed by atoms with van der Waals surface area (Å²) in [6.45, 7) is 0.424. The number of carbonyl (C=O) groups excluding carboxylic acids is 3. The van der Waals surface area contributed by atoms with Gasteiger partial charge in [0.05, 0.1) is 0 Å². The molecule has 22 heavy (non-hydrogen) atoms. The van der Waals surface area contributed by atoms with Crippen molar-refractivity contribution in [1.29, 1.82) is 0 Å². The van der Waals surface area contributed by atoms with Crippen LogP contribution in [0.4, 0.5) is 4.79 Å². The molecule has 6 N–H and O–H groups in total. The van der Waals surface area contributed by atoms with Crippen molar-refractivity contribution in [2.45, 2.75) is 31.2 Å². The van der Waals surface area contributed by atoms with Gasteiger partial charge in [-0.2, -0.15) is 0 Å². The highest BCUT2D eigenvalue weighted by Gasteiger charge is 2.25. The van der Waals surface area contributed by atoms with E-state index in [1.807, 2.05) is 12.1 Å². The van der Waals surface area contributed by atoms with Gasteiger partial charge < -0.3 is 22.1 Å². The zero-order valence-corrected chi connectivity index (χ0v) is 12.2. The minimum absolute atomic E-state index is 0.219. The van der Waals surface area contributed by atoms with Gasteiger partial charge in [-0.25, -0.2) is 4.79 Å². The number of nitrogens with two attached hydrogens (primary N) is 2. The Morgan fingerprint density at radius 2 is 1.86 bits per heavy atom. The first kappa shape index (κ1) is 15.8. The zero-order valence-electron chi connectivity index (χ0n) is 12.2. The SMILES string of the molecule is NC(=O)C(NC(=O)NC[C@@H]1CCCc2ccccc21)C(N)=O. The maximum atomic E-state index is 11.8. The van der Waals surface area contributed by atoms with Gasteiger partial charge in [0.1, 0.15) is 0 Å². The topological polar surface area (TPSA) is 127 Å². The van der Waals surface area contributed by atoms with Crippen LogP contribution in [0.1, 0.15) is 29.9 Å². The number of nitrogens with one attached hydrogen (secondary N) is 2. The van der Waals surface area contributed by atoms with Gasteiger partial charge in [0, 0.05) is 12.5 Å². The van der Waals surface area contributed by atoms with Gasteiger partial charge >= 0.3 is 6.03 Å². The Morgan fingerprint density at radius 1 is 1.18 bits per heavy atom. The molecule has 0 bridgehead atoms. The van der Waals surface area contributed by atoms with Crippen molar-refractivity contribution in [2.75, 3.05) is 6.54 Å². The Labute approximate surface area is 128 Å². The maximum absolute atomic E-state index is 11.8. The summed E-state index contributed by atoms with van der Waals surface area (Å²) in [5, 5.41) is 4.85. The van der Waals surface area contributed by atoms with E-state index in [9.17, 15) is 14.4 Å². The number of carbonyl (C=O) groups is 3. The van der Waals surface area contributed by atoms with Gasteiger partial charge in [-0.1, -0.05) is 24.3 Å². The smallest absolute Gasteiger partial charge is 0.315 e. The lowest BCUT2D eigenvalue weighted by molar-refractivity contribution is -0.128. The van der Waals surface area contributed by atoms with E-state index in [1.165, 1.54) is 11.1 Å². The van der Waals surface area contributed by atoms with Gasteiger partial charge in [-0.3, -0.25) is 9.59 Å². The standard InChI is InChI=1S/C15H20N4O3/c16-13(20)12(14(17)21)19-15(22)18-8-10-6-3-5-9-4-1-2-7-11(9)10/h1-2,4,7,10,12H,3,5-6,8H2,(H2,16,20)(H2,17,21)(H2,18,19,22)/t10-/m0/s1. The second-order valence-corrected chi connectivity index (χ2v) is 5.38. The molecule has 118 valence electrons. The second-order valence-electron chi connectivity index (χ2n) is 5.38. The Bertz CT molecular complexity index is 574. The third-order valence-corrected chi connectivity index (χ3v) is 3.85. The highest BCUT2D eigenvalue weighted by Crippen LogP contribution is 2.30. The molecule has 1 atom stereocenters. The largest absolute Gasteiger partial charge is 0.367 e. The summed E-state index contributed by atoms with van der Waals surface area (Å²) in [6, 6.07) is 6.01. The van der Waals surface area contributed by atoms with E-state index in [1.54, 1.807) is 0 Å². The fourth-order valence-corrected chi connectivity index (χ4v) is 2.75. The summed E-state index contributed by atoms with van der Waals surface area (Å²) in [5.74, 6) is -1.74. The lowest BCUT2D eigenvalue weighted by atomic mass is 9.83. The van der Waals surface area contributed by atoms with Gasteiger partial charge in [0.2, 0.25) is 11.8 Å². The van der Waals surface area contributed by atoms with Gasteiger partial charge in [-0.05, 0) is 30.4 Å². The van der Waals surface area contributed by atoms with Crippen molar-refractivity contribution in [3.63, 3.8) is 0 Å². The Balaban J connectivity index is 1.92. The van der Waals surface area contributed by atoms with Crippen LogP contribution in [0.25, 0.3) is 0 Å². The van der Waals surface area contributed by atoms with Crippen molar-refractivity contribution in [3.8, 4) is 0 Å². The molecule has 1 aliphatic rings. The molecule has 0 spiro atoms. The van der Waals surface area contributed by atoms with Gasteiger partial charge in [-0.15, -0.1) is 0 Å². The molecule has 1 aromatic rings. The molecule has 7 nitrogen and oxygen atoms in total. The van der Waals surface area contributed by atoms with Crippen LogP contribution in [0.15, 0.2) is 24.3 Å². The molecule has 0 unspecified atom stereocenters. The highest BCUT2D eigenvalue weighted by molar-refractivity contribution is 6.05. The number of rotatable bonds is 5. The fourth-order valence-electron chi connectivity index (χ4n) is 2.75. The molecule has 7 heteroatoms. The van der Waals surface area contributed by atoms with E-state index >= 15 is 0 Å². The number of aryl methyl sites for hydroxylation is 1. The van der Waals surface area contributed by atoms with Gasteiger partial charge in [0.15, 0.2) is 6.04 Å². The van der Waals surface area contributed by atoms with E-state index in [-0.39, 0.29) is 5.92 Å². The predicted octanol–water partition coefficient (Wildman–Crippen LogP) is -0.255. The Kier molecular flexibility index (Phi) is 4.98. The number of urea groups is 1. The van der Waals surface area contributed by atoms with Crippen molar-refractivity contribution in [2.24, 2.45) is 11.5 Å². The lowest BCUT2D eigenvalue weighted by Crippen LogP contribution is -2.55. The van der Waals surface area contributed by atoms with Crippen LogP contribution in [-0.2, 0) is 16.0 Å². The average molecular weight is 304 g/mol. The summed E-state index contributed by atoms with van der Waals surface area (Å²) < 4.78 is 0. The van der Waals surface area contributed by atoms with Crippen LogP contribution in [0, 0.1) is 0 Å². The molecule has 1 aromatic carbocycles. The molecule has 1 aliphatic carbocycles. The number of hydrogen-bond donors (Lipinski definition) is 4. The lowest BCUT2D eigenvalue weighted by Gasteiger charge is -2.26. The van der Waals surface area contributed by atoms with Crippen LogP contribution in [0.3, 0.4) is 0 Å². The fraction of sp³-hybridized carbons (Fsp3) is 0.400. The van der Waals surface area contributed by atoms with E-state index in [0.717, 1.165) is 19.3 Å². The molecule has 2 rings (SSSR count). The summed E-state index contributed by atoms with van der Waals surface area (Å²) >= 11 is 0. The quantitative estimate of drug-likeness (QED) is 0.560. The number of benzene rings is 1. The van der Waals surface area contributed by atoms with Crippen LogP contribution in [0.5, 0.6) is 0 Å². The number of primary amides is 2. The van der Waals surface area contributed by atoms with Crippen LogP contribution < -0.4 is 22.1 Å². The number of amides is 4. The third kappa shape index (κ3) is 3.75. The minimum atomic E-state index is -1.50. The second kappa shape index (κ2) is 6.93. The van der Waals surface area contributed by atoms with Crippen LogP contribution in [-0.4, -0.2) is 30.4 Å². The van der Waals surface area contributed by atoms with Gasteiger partial charge in [0.25, 0.3) is 0 Å². The molecule has 0 saturated carbocycles. The molecule has 4 amide bonds. The molecule has 0 heterocycles. The Hall–Kier alpha value is -2.57. The van der Waals surface area contributed by atoms with Crippen molar-refractivity contribution >= 4 is 17.8 Å². The molecule has 0 saturated heterocycles. The molecule has 0 aromatic heterocycles. The average Bonchev–Trinajstić information content (AvgIpc) is 2.49. The van der Waals surface area contributed by atoms with E-state index in [2.05, 4.69) is 22.8 Å². The number of fused-ring (bicyclic) bond motifs is 1. The van der Waals surface area contributed by atoms with Crippen molar-refractivity contribution < 1.29 is 14.4 Å². The van der Waals surface area contributed by atoms with Crippen LogP contribution in [0.2, 0.25) is 0 Å². The molecular weight excluding hydrogens is 284 g/mol. The van der Waals surface area contributed by atoms with Crippen molar-refractivity contribution in [3.05, 3.63) is 35.4 Å². The normalized spacial score (nSPS) is 16.7. The highest BCUT2D eigenvalue weighted by atomic mass is 16.2. The van der Waals surface area contributed by atoms with E-state index < -0.39 is 23.9 Å². The summed E-state index contributed by atoms with van der Waals surface area (Å²) in [4.78, 5) is 33.8. The van der Waals surface area contributed by atoms with E-state index in [4.69, 9.17) is 11.5 Å². The predicted molar refractivity (Wildman–Crippen MR) is 80.8 cm³/mol. The first-order chi connectivity index (χ1) is 10.5.